The highest BCUT2D eigenvalue weighted by atomic mass is 32.2. The predicted octanol–water partition coefficient (Wildman–Crippen LogP) is 2.74. The quantitative estimate of drug-likeness (QED) is 0.866. The van der Waals surface area contributed by atoms with E-state index in [4.69, 9.17) is 0 Å². The summed E-state index contributed by atoms with van der Waals surface area (Å²) >= 11 is 1.37. The number of sulfonamides is 1. The highest BCUT2D eigenvalue weighted by Crippen LogP contribution is 2.25. The molecule has 2 heterocycles. The zero-order valence-corrected chi connectivity index (χ0v) is 15.6. The first-order valence-corrected chi connectivity index (χ1v) is 10.6. The van der Waals surface area contributed by atoms with Crippen molar-refractivity contribution in [2.45, 2.75) is 31.1 Å². The molecule has 0 saturated carbocycles. The molecule has 8 heteroatoms. The molecule has 1 aliphatic rings. The van der Waals surface area contributed by atoms with Crippen molar-refractivity contribution >= 4 is 32.4 Å². The minimum absolute atomic E-state index is 0.0840. The molecule has 1 fully saturated rings. The van der Waals surface area contributed by atoms with Gasteiger partial charge >= 0.3 is 0 Å². The Balaban J connectivity index is 1.61. The van der Waals surface area contributed by atoms with Crippen LogP contribution >= 0.6 is 11.3 Å². The Bertz CT molecular complexity index is 809. The number of benzene rings is 1. The number of hydrogen-bond acceptors (Lipinski definition) is 5. The number of nitrogens with one attached hydrogen (secondary N) is 1. The van der Waals surface area contributed by atoms with Crippen LogP contribution in [0.15, 0.2) is 40.7 Å². The molecule has 1 N–H and O–H groups in total. The van der Waals surface area contributed by atoms with Crippen LogP contribution in [0.25, 0.3) is 0 Å². The van der Waals surface area contributed by atoms with Crippen molar-refractivity contribution in [2.24, 2.45) is 5.92 Å². The van der Waals surface area contributed by atoms with Gasteiger partial charge in [-0.15, -0.1) is 11.3 Å². The van der Waals surface area contributed by atoms with E-state index >= 15 is 0 Å². The van der Waals surface area contributed by atoms with Gasteiger partial charge in [0.25, 0.3) is 0 Å². The van der Waals surface area contributed by atoms with Gasteiger partial charge in [0.2, 0.25) is 15.9 Å². The molecule has 1 amide bonds. The molecular weight excluding hydrogens is 358 g/mol. The van der Waals surface area contributed by atoms with Gasteiger partial charge in [-0.25, -0.2) is 13.4 Å². The Hall–Kier alpha value is -1.77. The Labute approximate surface area is 151 Å². The van der Waals surface area contributed by atoms with Crippen molar-refractivity contribution in [3.63, 3.8) is 0 Å². The van der Waals surface area contributed by atoms with Crippen LogP contribution in [-0.4, -0.2) is 36.7 Å². The number of aryl methyl sites for hydroxylation is 1. The number of rotatable bonds is 5. The van der Waals surface area contributed by atoms with Crippen molar-refractivity contribution < 1.29 is 13.2 Å². The van der Waals surface area contributed by atoms with E-state index in [1.807, 2.05) is 19.1 Å². The second-order valence-corrected chi connectivity index (χ2v) is 8.83. The number of piperidine rings is 1. The first kappa shape index (κ1) is 18.0. The lowest BCUT2D eigenvalue weighted by atomic mass is 9.97. The van der Waals surface area contributed by atoms with E-state index in [2.05, 4.69) is 10.3 Å². The topological polar surface area (TPSA) is 79.4 Å². The molecule has 1 aliphatic heterocycles. The first-order chi connectivity index (χ1) is 12.0. The van der Waals surface area contributed by atoms with E-state index in [9.17, 15) is 13.2 Å². The maximum absolute atomic E-state index is 12.7. The molecule has 0 radical (unpaired) electrons. The van der Waals surface area contributed by atoms with Gasteiger partial charge in [-0.05, 0) is 37.0 Å². The van der Waals surface area contributed by atoms with Gasteiger partial charge in [0.1, 0.15) is 0 Å². The Morgan fingerprint density at radius 1 is 1.28 bits per heavy atom. The van der Waals surface area contributed by atoms with Gasteiger partial charge < -0.3 is 5.32 Å². The molecule has 1 saturated heterocycles. The van der Waals surface area contributed by atoms with Crippen molar-refractivity contribution in [1.29, 1.82) is 0 Å². The lowest BCUT2D eigenvalue weighted by Crippen LogP contribution is -2.41. The van der Waals surface area contributed by atoms with E-state index in [0.717, 1.165) is 12.0 Å². The van der Waals surface area contributed by atoms with Crippen LogP contribution in [0.4, 0.5) is 5.13 Å². The highest BCUT2D eigenvalue weighted by Gasteiger charge is 2.32. The number of hydrogen-bond donors (Lipinski definition) is 1. The fourth-order valence-corrected chi connectivity index (χ4v) is 4.90. The average Bonchev–Trinajstić information content (AvgIpc) is 3.15. The van der Waals surface area contributed by atoms with Gasteiger partial charge in [0, 0.05) is 30.6 Å². The van der Waals surface area contributed by atoms with Crippen molar-refractivity contribution in [3.05, 3.63) is 41.4 Å². The second-order valence-electron chi connectivity index (χ2n) is 6.00. The standard InChI is InChI=1S/C17H21N3O3S2/c1-2-13-3-5-15(6-4-13)25(22,23)20-10-7-14(8-11-20)16(21)19-17-18-9-12-24-17/h3-6,9,12,14H,2,7-8,10-11H2,1H3,(H,18,19,21). The Morgan fingerprint density at radius 2 is 1.96 bits per heavy atom. The number of amides is 1. The SMILES string of the molecule is CCc1ccc(S(=O)(=O)N2CCC(C(=O)Nc3nccs3)CC2)cc1. The van der Waals surface area contributed by atoms with Crippen LogP contribution in [-0.2, 0) is 21.2 Å². The summed E-state index contributed by atoms with van der Waals surface area (Å²) < 4.78 is 26.9. The van der Waals surface area contributed by atoms with Crippen molar-refractivity contribution in [2.75, 3.05) is 18.4 Å². The van der Waals surface area contributed by atoms with E-state index in [0.29, 0.717) is 36.0 Å². The van der Waals surface area contributed by atoms with Gasteiger partial charge in [0.05, 0.1) is 4.90 Å². The van der Waals surface area contributed by atoms with Crippen LogP contribution < -0.4 is 5.32 Å². The van der Waals surface area contributed by atoms with Crippen LogP contribution in [0.2, 0.25) is 0 Å². The molecule has 3 rings (SSSR count). The maximum atomic E-state index is 12.7. The molecule has 1 aromatic heterocycles. The summed E-state index contributed by atoms with van der Waals surface area (Å²) in [7, 11) is -3.49. The third-order valence-electron chi connectivity index (χ3n) is 4.46. The molecule has 0 bridgehead atoms. The summed E-state index contributed by atoms with van der Waals surface area (Å²) in [5, 5.41) is 5.17. The van der Waals surface area contributed by atoms with Gasteiger partial charge in [0.15, 0.2) is 5.13 Å². The first-order valence-electron chi connectivity index (χ1n) is 8.30. The van der Waals surface area contributed by atoms with Crippen LogP contribution in [0.1, 0.15) is 25.3 Å². The maximum Gasteiger partial charge on any atom is 0.243 e. The lowest BCUT2D eigenvalue weighted by molar-refractivity contribution is -0.120. The molecule has 2 aromatic rings. The number of aromatic nitrogens is 1. The van der Waals surface area contributed by atoms with Crippen molar-refractivity contribution in [3.8, 4) is 0 Å². The molecule has 25 heavy (non-hydrogen) atoms. The minimum atomic E-state index is -3.49. The molecule has 0 unspecified atom stereocenters. The molecule has 0 aliphatic carbocycles. The summed E-state index contributed by atoms with van der Waals surface area (Å²) in [5.74, 6) is -0.267. The van der Waals surface area contributed by atoms with Gasteiger partial charge in [-0.1, -0.05) is 19.1 Å². The molecule has 0 spiro atoms. The average molecular weight is 380 g/mol. The van der Waals surface area contributed by atoms with Gasteiger partial charge in [-0.3, -0.25) is 4.79 Å². The normalized spacial score (nSPS) is 16.7. The van der Waals surface area contributed by atoms with Crippen molar-refractivity contribution in [1.82, 2.24) is 9.29 Å². The molecule has 134 valence electrons. The number of anilines is 1. The third kappa shape index (κ3) is 4.08. The Morgan fingerprint density at radius 3 is 2.52 bits per heavy atom. The summed E-state index contributed by atoms with van der Waals surface area (Å²) in [4.78, 5) is 16.6. The van der Waals surface area contributed by atoms with E-state index in [1.54, 1.807) is 23.7 Å². The predicted molar refractivity (Wildman–Crippen MR) is 98.0 cm³/mol. The third-order valence-corrected chi connectivity index (χ3v) is 7.06. The second kappa shape index (κ2) is 7.63. The van der Waals surface area contributed by atoms with E-state index in [1.165, 1.54) is 15.6 Å². The highest BCUT2D eigenvalue weighted by molar-refractivity contribution is 7.89. The number of nitrogens with zero attached hydrogens (tertiary/aromatic N) is 2. The zero-order valence-electron chi connectivity index (χ0n) is 14.0. The molecule has 1 aromatic carbocycles. The smallest absolute Gasteiger partial charge is 0.243 e. The van der Waals surface area contributed by atoms with Gasteiger partial charge in [-0.2, -0.15) is 4.31 Å². The Kier molecular flexibility index (Phi) is 5.51. The molecule has 0 atom stereocenters. The summed E-state index contributed by atoms with van der Waals surface area (Å²) in [6, 6.07) is 7.02. The summed E-state index contributed by atoms with van der Waals surface area (Å²) in [5.41, 5.74) is 1.11. The molecular formula is C17H21N3O3S2. The largest absolute Gasteiger partial charge is 0.302 e. The number of carbonyl (C=O) groups excluding carboxylic acids is 1. The van der Waals surface area contributed by atoms with E-state index in [-0.39, 0.29) is 11.8 Å². The fourth-order valence-electron chi connectivity index (χ4n) is 2.90. The van der Waals surface area contributed by atoms with E-state index < -0.39 is 10.0 Å². The zero-order chi connectivity index (χ0) is 17.9. The minimum Gasteiger partial charge on any atom is -0.302 e. The van der Waals surface area contributed by atoms with Crippen LogP contribution in [0.5, 0.6) is 0 Å². The summed E-state index contributed by atoms with van der Waals surface area (Å²) in [6.07, 6.45) is 3.55. The number of thiazole rings is 1. The number of carbonyl (C=O) groups is 1. The molecule has 6 nitrogen and oxygen atoms in total. The lowest BCUT2D eigenvalue weighted by Gasteiger charge is -2.30. The fraction of sp³-hybridized carbons (Fsp3) is 0.412. The van der Waals surface area contributed by atoms with Crippen LogP contribution in [0, 0.1) is 5.92 Å². The van der Waals surface area contributed by atoms with Crippen LogP contribution in [0.3, 0.4) is 0 Å². The summed E-state index contributed by atoms with van der Waals surface area (Å²) in [6.45, 7) is 2.74. The monoisotopic (exact) mass is 379 g/mol.